The van der Waals surface area contributed by atoms with Crippen LogP contribution >= 0.6 is 0 Å². The maximum Gasteiger partial charge on any atom is 0.261 e. The Balaban J connectivity index is 1.27. The highest BCUT2D eigenvalue weighted by Crippen LogP contribution is 2.36. The largest absolute Gasteiger partial charge is 0.405 e. The van der Waals surface area contributed by atoms with E-state index in [2.05, 4.69) is 88.4 Å². The van der Waals surface area contributed by atoms with Gasteiger partial charge in [0.2, 0.25) is 0 Å². The molecule has 57 heavy (non-hydrogen) atoms. The van der Waals surface area contributed by atoms with E-state index in [0.717, 1.165) is 13.0 Å². The number of unbranched alkanes of at least 4 members (excludes halogenated alkanes) is 15. The van der Waals surface area contributed by atoms with E-state index < -0.39 is 8.32 Å². The second-order valence-electron chi connectivity index (χ2n) is 16.1. The first kappa shape index (κ1) is 51.5. The van der Waals surface area contributed by atoms with Gasteiger partial charge in [-0.1, -0.05) is 185 Å². The Kier molecular flexibility index (Phi) is 32.7. The smallest absolute Gasteiger partial charge is 0.261 e. The summed E-state index contributed by atoms with van der Waals surface area (Å²) < 4.78 is 46.5. The van der Waals surface area contributed by atoms with E-state index >= 15 is 0 Å². The molecule has 328 valence electrons. The average molecular weight is 817 g/mol. The van der Waals surface area contributed by atoms with E-state index in [0.29, 0.717) is 92.5 Å². The summed E-state index contributed by atoms with van der Waals surface area (Å²) >= 11 is 0. The summed E-state index contributed by atoms with van der Waals surface area (Å²) in [6, 6.07) is 21.4. The van der Waals surface area contributed by atoms with Gasteiger partial charge in [0.25, 0.3) is 8.32 Å². The minimum atomic E-state index is -2.53. The summed E-state index contributed by atoms with van der Waals surface area (Å²) in [6.45, 7) is 17.7. The maximum atomic E-state index is 6.86. The summed E-state index contributed by atoms with van der Waals surface area (Å²) in [6.07, 6.45) is 22.2. The van der Waals surface area contributed by atoms with Gasteiger partial charge in [0, 0.05) is 6.61 Å². The molecule has 0 saturated carbocycles. The van der Waals surface area contributed by atoms with Crippen LogP contribution in [0.2, 0.25) is 5.04 Å². The highest BCUT2D eigenvalue weighted by atomic mass is 28.4. The van der Waals surface area contributed by atoms with E-state index in [4.69, 9.17) is 37.6 Å². The van der Waals surface area contributed by atoms with Crippen molar-refractivity contribution < 1.29 is 37.6 Å². The predicted molar refractivity (Wildman–Crippen MR) is 239 cm³/mol. The van der Waals surface area contributed by atoms with Crippen molar-refractivity contribution in [1.29, 1.82) is 0 Å². The van der Waals surface area contributed by atoms with Crippen molar-refractivity contribution in [2.24, 2.45) is 0 Å². The minimum Gasteiger partial charge on any atom is -0.405 e. The van der Waals surface area contributed by atoms with Crippen molar-refractivity contribution in [3.63, 3.8) is 0 Å². The quantitative estimate of drug-likeness (QED) is 0.0486. The first-order valence-electron chi connectivity index (χ1n) is 22.8. The van der Waals surface area contributed by atoms with E-state index in [1.807, 2.05) is 0 Å². The van der Waals surface area contributed by atoms with Gasteiger partial charge in [-0.25, -0.2) is 0 Å². The fourth-order valence-corrected chi connectivity index (χ4v) is 11.7. The third-order valence-corrected chi connectivity index (χ3v) is 15.4. The summed E-state index contributed by atoms with van der Waals surface area (Å²) in [4.78, 5) is 0. The SMILES string of the molecule is CCCCCCCCCCCCCCCCCCOCCOCCOCCOCCOCCOCCOCCO[Si](c1ccccc1)(c1ccccc1)C(C)(C)C. The molecule has 0 aliphatic carbocycles. The lowest BCUT2D eigenvalue weighted by molar-refractivity contribution is -0.0213. The fourth-order valence-electron chi connectivity index (χ4n) is 7.19. The number of hydrogen-bond donors (Lipinski definition) is 0. The molecular formula is C48H84O8Si. The van der Waals surface area contributed by atoms with Crippen LogP contribution in [0.5, 0.6) is 0 Å². The van der Waals surface area contributed by atoms with Crippen molar-refractivity contribution in [3.8, 4) is 0 Å². The molecule has 0 amide bonds. The number of rotatable bonds is 41. The van der Waals surface area contributed by atoms with Crippen LogP contribution in [0.15, 0.2) is 60.7 Å². The second kappa shape index (κ2) is 36.2. The molecule has 0 N–H and O–H groups in total. The van der Waals surface area contributed by atoms with Crippen LogP contribution in [-0.4, -0.2) is 107 Å². The van der Waals surface area contributed by atoms with Gasteiger partial charge in [0.1, 0.15) is 0 Å². The number of ether oxygens (including phenoxy) is 7. The van der Waals surface area contributed by atoms with Crippen molar-refractivity contribution in [2.45, 2.75) is 135 Å². The molecular weight excluding hydrogens is 733 g/mol. The molecule has 2 aromatic rings. The van der Waals surface area contributed by atoms with Crippen molar-refractivity contribution in [1.82, 2.24) is 0 Å². The zero-order chi connectivity index (χ0) is 40.8. The summed E-state index contributed by atoms with van der Waals surface area (Å²) in [5.74, 6) is 0. The lowest BCUT2D eigenvalue weighted by Crippen LogP contribution is -2.66. The van der Waals surface area contributed by atoms with Crippen molar-refractivity contribution in [3.05, 3.63) is 60.7 Å². The molecule has 9 heteroatoms. The van der Waals surface area contributed by atoms with Gasteiger partial charge in [-0.15, -0.1) is 0 Å². The Labute approximate surface area is 350 Å². The van der Waals surface area contributed by atoms with Crippen LogP contribution in [0, 0.1) is 0 Å². The normalized spacial score (nSPS) is 12.1. The molecule has 0 radical (unpaired) electrons. The van der Waals surface area contributed by atoms with Crippen molar-refractivity contribution in [2.75, 3.05) is 99.1 Å². The van der Waals surface area contributed by atoms with Crippen LogP contribution in [0.3, 0.4) is 0 Å². The van der Waals surface area contributed by atoms with Gasteiger partial charge in [0.15, 0.2) is 0 Å². The van der Waals surface area contributed by atoms with Gasteiger partial charge in [-0.3, -0.25) is 0 Å². The third kappa shape index (κ3) is 25.5. The molecule has 0 atom stereocenters. The van der Waals surface area contributed by atoms with Crippen LogP contribution in [-0.2, 0) is 37.6 Å². The summed E-state index contributed by atoms with van der Waals surface area (Å²) in [5, 5.41) is 2.51. The Morgan fingerprint density at radius 2 is 0.596 bits per heavy atom. The Hall–Kier alpha value is -1.66. The highest BCUT2D eigenvalue weighted by molar-refractivity contribution is 6.99. The fraction of sp³-hybridized carbons (Fsp3) is 0.750. The molecule has 2 rings (SSSR count). The molecule has 0 saturated heterocycles. The van der Waals surface area contributed by atoms with Gasteiger partial charge in [-0.2, -0.15) is 0 Å². The van der Waals surface area contributed by atoms with Gasteiger partial charge in [0.05, 0.1) is 92.5 Å². The Morgan fingerprint density at radius 3 is 0.895 bits per heavy atom. The first-order chi connectivity index (χ1) is 28.0. The molecule has 0 spiro atoms. The summed E-state index contributed by atoms with van der Waals surface area (Å²) in [7, 11) is -2.53. The third-order valence-electron chi connectivity index (χ3n) is 10.3. The number of hydrogen-bond acceptors (Lipinski definition) is 8. The van der Waals surface area contributed by atoms with Gasteiger partial charge in [-0.05, 0) is 21.8 Å². The van der Waals surface area contributed by atoms with Crippen LogP contribution in [0.25, 0.3) is 0 Å². The summed E-state index contributed by atoms with van der Waals surface area (Å²) in [5.41, 5.74) is 0. The van der Waals surface area contributed by atoms with Crippen molar-refractivity contribution >= 4 is 18.7 Å². The molecule has 2 aromatic carbocycles. The van der Waals surface area contributed by atoms with Crippen LogP contribution in [0.1, 0.15) is 130 Å². The lowest BCUT2D eigenvalue weighted by Gasteiger charge is -2.43. The average Bonchev–Trinajstić information content (AvgIpc) is 3.22. The molecule has 0 heterocycles. The standard InChI is InChI=1S/C48H84O8Si/c1-5-6-7-8-9-10-11-12-13-14-15-16-17-18-19-26-31-49-32-33-50-34-35-51-36-37-52-38-39-53-40-41-54-42-43-55-44-45-56-57(48(2,3)4,46-27-22-20-23-28-46)47-29-24-21-25-30-47/h20-25,27-30H,5-19,26,31-45H2,1-4H3. The van der Waals surface area contributed by atoms with E-state index in [1.54, 1.807) is 0 Å². The highest BCUT2D eigenvalue weighted by Gasteiger charge is 2.50. The predicted octanol–water partition coefficient (Wildman–Crippen LogP) is 9.94. The first-order valence-corrected chi connectivity index (χ1v) is 24.7. The number of benzene rings is 2. The zero-order valence-corrected chi connectivity index (χ0v) is 38.0. The molecule has 0 aliphatic heterocycles. The molecule has 0 bridgehead atoms. The molecule has 0 aromatic heterocycles. The minimum absolute atomic E-state index is 0.0479. The van der Waals surface area contributed by atoms with Crippen LogP contribution < -0.4 is 10.4 Å². The molecule has 0 fully saturated rings. The maximum absolute atomic E-state index is 6.86. The van der Waals surface area contributed by atoms with E-state index in [1.165, 1.54) is 107 Å². The van der Waals surface area contributed by atoms with Gasteiger partial charge >= 0.3 is 0 Å². The molecule has 0 unspecified atom stereocenters. The van der Waals surface area contributed by atoms with E-state index in [-0.39, 0.29) is 5.04 Å². The molecule has 8 nitrogen and oxygen atoms in total. The molecule has 0 aliphatic rings. The monoisotopic (exact) mass is 817 g/mol. The Bertz CT molecular complexity index is 1080. The van der Waals surface area contributed by atoms with E-state index in [9.17, 15) is 0 Å². The topological polar surface area (TPSA) is 73.8 Å². The second-order valence-corrected chi connectivity index (χ2v) is 20.4. The van der Waals surface area contributed by atoms with Gasteiger partial charge < -0.3 is 37.6 Å². The zero-order valence-electron chi connectivity index (χ0n) is 37.0. The lowest BCUT2D eigenvalue weighted by atomic mass is 10.0. The van der Waals surface area contributed by atoms with Crippen LogP contribution in [0.4, 0.5) is 0 Å². The Morgan fingerprint density at radius 1 is 0.333 bits per heavy atom.